The Morgan fingerprint density at radius 1 is 1.50 bits per heavy atom. The van der Waals surface area contributed by atoms with Crippen molar-refractivity contribution in [2.24, 2.45) is 5.41 Å². The van der Waals surface area contributed by atoms with Gasteiger partial charge in [-0.05, 0) is 38.3 Å². The maximum Gasteiger partial charge on any atom is -0.00467 e. The molecule has 1 nitrogen and oxygen atoms in total. The predicted molar refractivity (Wildman–Crippen MR) is 35.9 cm³/mol. The van der Waals surface area contributed by atoms with Crippen LogP contribution in [0.4, 0.5) is 0 Å². The van der Waals surface area contributed by atoms with Crippen LogP contribution in [0.5, 0.6) is 0 Å². The van der Waals surface area contributed by atoms with E-state index in [0.717, 1.165) is 5.41 Å². The van der Waals surface area contributed by atoms with Crippen molar-refractivity contribution in [3.8, 4) is 0 Å². The summed E-state index contributed by atoms with van der Waals surface area (Å²) in [7, 11) is 2.02. The van der Waals surface area contributed by atoms with Crippen LogP contribution in [0, 0.1) is 5.41 Å². The molecule has 1 saturated carbocycles. The number of rotatable bonds is 3. The standard InChI is InChI=1S/C7H15N/c1-7(3-4-7)5-6-8-2/h8H,3-6H2,1-2H3. The smallest absolute Gasteiger partial charge is 0.00467 e. The molecule has 0 saturated heterocycles. The van der Waals surface area contributed by atoms with Gasteiger partial charge in [0.15, 0.2) is 0 Å². The largest absolute Gasteiger partial charge is 0.320 e. The lowest BCUT2D eigenvalue weighted by Gasteiger charge is -2.04. The quantitative estimate of drug-likeness (QED) is 0.583. The Labute approximate surface area is 51.5 Å². The van der Waals surface area contributed by atoms with E-state index in [0.29, 0.717) is 0 Å². The highest BCUT2D eigenvalue weighted by atomic mass is 14.8. The Kier molecular flexibility index (Phi) is 1.57. The van der Waals surface area contributed by atoms with E-state index in [9.17, 15) is 0 Å². The van der Waals surface area contributed by atoms with Gasteiger partial charge in [-0.1, -0.05) is 6.92 Å². The fraction of sp³-hybridized carbons (Fsp3) is 1.00. The first kappa shape index (κ1) is 6.09. The van der Waals surface area contributed by atoms with Crippen molar-refractivity contribution in [3.05, 3.63) is 0 Å². The van der Waals surface area contributed by atoms with Gasteiger partial charge < -0.3 is 5.32 Å². The van der Waals surface area contributed by atoms with Gasteiger partial charge in [-0.3, -0.25) is 0 Å². The summed E-state index contributed by atoms with van der Waals surface area (Å²) in [6.45, 7) is 3.56. The Bertz CT molecular complexity index is 74.5. The fourth-order valence-corrected chi connectivity index (χ4v) is 0.890. The van der Waals surface area contributed by atoms with Crippen molar-refractivity contribution < 1.29 is 0 Å². The van der Waals surface area contributed by atoms with Crippen molar-refractivity contribution in [1.82, 2.24) is 5.32 Å². The first-order valence-corrected chi connectivity index (χ1v) is 3.41. The summed E-state index contributed by atoms with van der Waals surface area (Å²) < 4.78 is 0. The van der Waals surface area contributed by atoms with Gasteiger partial charge in [0, 0.05) is 0 Å². The monoisotopic (exact) mass is 113 g/mol. The van der Waals surface area contributed by atoms with Crippen LogP contribution in [0.2, 0.25) is 0 Å². The molecule has 0 aromatic rings. The molecule has 1 aliphatic rings. The molecule has 0 amide bonds. The van der Waals surface area contributed by atoms with Gasteiger partial charge in [-0.25, -0.2) is 0 Å². The summed E-state index contributed by atoms with van der Waals surface area (Å²) in [5.74, 6) is 0. The van der Waals surface area contributed by atoms with Crippen molar-refractivity contribution >= 4 is 0 Å². The summed E-state index contributed by atoms with van der Waals surface area (Å²) in [4.78, 5) is 0. The van der Waals surface area contributed by atoms with E-state index in [1.165, 1.54) is 25.8 Å². The van der Waals surface area contributed by atoms with Crippen LogP contribution in [0.25, 0.3) is 0 Å². The van der Waals surface area contributed by atoms with Crippen LogP contribution in [0.1, 0.15) is 26.2 Å². The highest BCUT2D eigenvalue weighted by Gasteiger charge is 2.35. The molecule has 1 fully saturated rings. The lowest BCUT2D eigenvalue weighted by atomic mass is 10.1. The van der Waals surface area contributed by atoms with Gasteiger partial charge in [0.25, 0.3) is 0 Å². The van der Waals surface area contributed by atoms with Crippen molar-refractivity contribution in [1.29, 1.82) is 0 Å². The second-order valence-corrected chi connectivity index (χ2v) is 3.16. The Morgan fingerprint density at radius 3 is 2.50 bits per heavy atom. The van der Waals surface area contributed by atoms with Crippen molar-refractivity contribution in [2.45, 2.75) is 26.2 Å². The molecule has 0 heterocycles. The van der Waals surface area contributed by atoms with Crippen molar-refractivity contribution in [3.63, 3.8) is 0 Å². The zero-order valence-corrected chi connectivity index (χ0v) is 5.83. The first-order chi connectivity index (χ1) is 3.77. The average Bonchev–Trinajstić information content (AvgIpc) is 2.45. The molecule has 0 bridgehead atoms. The van der Waals surface area contributed by atoms with Crippen LogP contribution in [0.15, 0.2) is 0 Å². The summed E-state index contributed by atoms with van der Waals surface area (Å²) in [6.07, 6.45) is 4.27. The van der Waals surface area contributed by atoms with Crippen LogP contribution >= 0.6 is 0 Å². The number of hydrogen-bond acceptors (Lipinski definition) is 1. The summed E-state index contributed by atoms with van der Waals surface area (Å²) >= 11 is 0. The lowest BCUT2D eigenvalue weighted by molar-refractivity contribution is 0.502. The second-order valence-electron chi connectivity index (χ2n) is 3.16. The molecule has 0 spiro atoms. The van der Waals surface area contributed by atoms with Crippen LogP contribution in [0.3, 0.4) is 0 Å². The van der Waals surface area contributed by atoms with Gasteiger partial charge in [0.2, 0.25) is 0 Å². The molecule has 0 atom stereocenters. The third-order valence-electron chi connectivity index (χ3n) is 2.08. The molecule has 0 unspecified atom stereocenters. The highest BCUT2D eigenvalue weighted by molar-refractivity contribution is 4.88. The van der Waals surface area contributed by atoms with E-state index >= 15 is 0 Å². The predicted octanol–water partition coefficient (Wildman–Crippen LogP) is 1.40. The minimum atomic E-state index is 0.739. The Hall–Kier alpha value is -0.0400. The molecule has 1 aliphatic carbocycles. The van der Waals surface area contributed by atoms with E-state index in [1.54, 1.807) is 0 Å². The summed E-state index contributed by atoms with van der Waals surface area (Å²) in [6, 6.07) is 0. The number of nitrogens with one attached hydrogen (secondary N) is 1. The van der Waals surface area contributed by atoms with Crippen molar-refractivity contribution in [2.75, 3.05) is 13.6 Å². The average molecular weight is 113 g/mol. The normalized spacial score (nSPS) is 23.2. The minimum absolute atomic E-state index is 0.739. The van der Waals surface area contributed by atoms with Crippen LogP contribution < -0.4 is 5.32 Å². The SMILES string of the molecule is CNCCC1(C)CC1. The van der Waals surface area contributed by atoms with Gasteiger partial charge in [0.1, 0.15) is 0 Å². The molecular weight excluding hydrogens is 98.1 g/mol. The minimum Gasteiger partial charge on any atom is -0.320 e. The van der Waals surface area contributed by atoms with E-state index in [4.69, 9.17) is 0 Å². The molecule has 0 aromatic carbocycles. The molecule has 1 heteroatoms. The van der Waals surface area contributed by atoms with E-state index in [2.05, 4.69) is 12.2 Å². The molecular formula is C7H15N. The topological polar surface area (TPSA) is 12.0 Å². The zero-order chi connectivity index (χ0) is 6.04. The van der Waals surface area contributed by atoms with E-state index in [1.807, 2.05) is 7.05 Å². The molecule has 1 rings (SSSR count). The molecule has 0 aliphatic heterocycles. The molecule has 0 aromatic heterocycles. The zero-order valence-electron chi connectivity index (χ0n) is 5.83. The van der Waals surface area contributed by atoms with Gasteiger partial charge in [-0.15, -0.1) is 0 Å². The van der Waals surface area contributed by atoms with E-state index in [-0.39, 0.29) is 0 Å². The third-order valence-corrected chi connectivity index (χ3v) is 2.08. The van der Waals surface area contributed by atoms with Crippen LogP contribution in [-0.2, 0) is 0 Å². The molecule has 1 N–H and O–H groups in total. The Balaban J connectivity index is 2.01. The van der Waals surface area contributed by atoms with Gasteiger partial charge >= 0.3 is 0 Å². The summed E-state index contributed by atoms with van der Waals surface area (Å²) in [5.41, 5.74) is 0.739. The molecule has 48 valence electrons. The fourth-order valence-electron chi connectivity index (χ4n) is 0.890. The van der Waals surface area contributed by atoms with Gasteiger partial charge in [-0.2, -0.15) is 0 Å². The summed E-state index contributed by atoms with van der Waals surface area (Å²) in [5, 5.41) is 3.16. The maximum atomic E-state index is 3.16. The van der Waals surface area contributed by atoms with Crippen LogP contribution in [-0.4, -0.2) is 13.6 Å². The molecule has 8 heavy (non-hydrogen) atoms. The number of hydrogen-bond donors (Lipinski definition) is 1. The first-order valence-electron chi connectivity index (χ1n) is 3.41. The Morgan fingerprint density at radius 2 is 2.12 bits per heavy atom. The third kappa shape index (κ3) is 1.48. The lowest BCUT2D eigenvalue weighted by Crippen LogP contribution is -2.11. The van der Waals surface area contributed by atoms with E-state index < -0.39 is 0 Å². The van der Waals surface area contributed by atoms with Gasteiger partial charge in [0.05, 0.1) is 0 Å². The second kappa shape index (κ2) is 2.06. The molecule has 0 radical (unpaired) electrons. The highest BCUT2D eigenvalue weighted by Crippen LogP contribution is 2.47. The maximum absolute atomic E-state index is 3.16.